The van der Waals surface area contributed by atoms with Crippen molar-refractivity contribution in [2.24, 2.45) is 0 Å². The van der Waals surface area contributed by atoms with Gasteiger partial charge in [0.25, 0.3) is 5.95 Å². The number of ether oxygens (including phenoxy) is 1. The average Bonchev–Trinajstić information content (AvgIpc) is 2.72. The molecule has 0 saturated carbocycles. The fourth-order valence-corrected chi connectivity index (χ4v) is 3.15. The van der Waals surface area contributed by atoms with E-state index in [1.807, 2.05) is 0 Å². The highest BCUT2D eigenvalue weighted by Crippen LogP contribution is 2.33. The summed E-state index contributed by atoms with van der Waals surface area (Å²) in [5.41, 5.74) is -1.02. The lowest BCUT2D eigenvalue weighted by atomic mass is 10.0. The van der Waals surface area contributed by atoms with Crippen LogP contribution >= 0.6 is 0 Å². The maximum Gasteiger partial charge on any atom is 0.416 e. The van der Waals surface area contributed by atoms with Crippen molar-refractivity contribution in [1.82, 2.24) is 0 Å². The molecular weight excluding hydrogens is 416 g/mol. The zero-order valence-corrected chi connectivity index (χ0v) is 15.7. The van der Waals surface area contributed by atoms with Crippen LogP contribution in [0.4, 0.5) is 17.6 Å². The minimum Gasteiger partial charge on any atom is -0.508 e. The van der Waals surface area contributed by atoms with E-state index in [1.54, 1.807) is 24.3 Å². The van der Waals surface area contributed by atoms with E-state index < -0.39 is 29.6 Å². The van der Waals surface area contributed by atoms with Crippen molar-refractivity contribution in [3.05, 3.63) is 93.9 Å². The van der Waals surface area contributed by atoms with Crippen LogP contribution in [0.3, 0.4) is 0 Å². The molecule has 0 amide bonds. The number of benzene rings is 3. The summed E-state index contributed by atoms with van der Waals surface area (Å²) in [7, 11) is 0. The molecular formula is C23H14F4O4. The first-order valence-electron chi connectivity index (χ1n) is 9.07. The van der Waals surface area contributed by atoms with Gasteiger partial charge in [-0.05, 0) is 53.6 Å². The molecule has 0 spiro atoms. The van der Waals surface area contributed by atoms with E-state index in [2.05, 4.69) is 0 Å². The van der Waals surface area contributed by atoms with Gasteiger partial charge in [0.2, 0.25) is 5.43 Å². The van der Waals surface area contributed by atoms with Crippen LogP contribution in [-0.2, 0) is 12.8 Å². The predicted molar refractivity (Wildman–Crippen MR) is 105 cm³/mol. The minimum atomic E-state index is -4.72. The molecule has 158 valence electrons. The average molecular weight is 430 g/mol. The first-order valence-corrected chi connectivity index (χ1v) is 9.07. The van der Waals surface area contributed by atoms with Crippen LogP contribution in [0.1, 0.15) is 11.1 Å². The molecule has 4 nitrogen and oxygen atoms in total. The molecule has 8 heteroatoms. The Hall–Kier alpha value is -3.81. The van der Waals surface area contributed by atoms with Crippen LogP contribution in [0, 0.1) is 5.82 Å². The second-order valence-corrected chi connectivity index (χ2v) is 6.77. The molecule has 4 aromatic rings. The van der Waals surface area contributed by atoms with E-state index in [1.165, 1.54) is 24.3 Å². The SMILES string of the molecule is O=c1c(-c2ccc(O)cc2)c(OCc2cc(F)cc(C(F)(F)F)c2)oc2ccccc12. The largest absolute Gasteiger partial charge is 0.508 e. The van der Waals surface area contributed by atoms with E-state index in [4.69, 9.17) is 9.15 Å². The number of rotatable bonds is 4. The number of hydrogen-bond acceptors (Lipinski definition) is 4. The third kappa shape index (κ3) is 4.23. The van der Waals surface area contributed by atoms with Crippen LogP contribution in [0.5, 0.6) is 11.7 Å². The Bertz CT molecular complexity index is 1310. The number of phenols is 1. The summed E-state index contributed by atoms with van der Waals surface area (Å²) in [4.78, 5) is 13.1. The van der Waals surface area contributed by atoms with Crippen molar-refractivity contribution in [3.63, 3.8) is 0 Å². The molecule has 0 saturated heterocycles. The number of aromatic hydroxyl groups is 1. The van der Waals surface area contributed by atoms with E-state index in [0.717, 1.165) is 12.1 Å². The van der Waals surface area contributed by atoms with Crippen molar-refractivity contribution in [3.8, 4) is 22.8 Å². The Morgan fingerprint density at radius 1 is 0.968 bits per heavy atom. The third-order valence-electron chi connectivity index (χ3n) is 4.58. The summed E-state index contributed by atoms with van der Waals surface area (Å²) < 4.78 is 63.9. The maximum absolute atomic E-state index is 13.7. The summed E-state index contributed by atoms with van der Waals surface area (Å²) >= 11 is 0. The van der Waals surface area contributed by atoms with Crippen molar-refractivity contribution < 1.29 is 31.8 Å². The first kappa shape index (κ1) is 20.5. The zero-order chi connectivity index (χ0) is 22.2. The Balaban J connectivity index is 1.79. The molecule has 31 heavy (non-hydrogen) atoms. The number of para-hydroxylation sites is 1. The normalized spacial score (nSPS) is 11.6. The summed E-state index contributed by atoms with van der Waals surface area (Å²) in [5.74, 6) is -1.31. The highest BCUT2D eigenvalue weighted by molar-refractivity contribution is 5.84. The van der Waals surface area contributed by atoms with Gasteiger partial charge in [-0.25, -0.2) is 4.39 Å². The van der Waals surface area contributed by atoms with Gasteiger partial charge in [0.15, 0.2) is 0 Å². The van der Waals surface area contributed by atoms with Gasteiger partial charge >= 0.3 is 6.18 Å². The minimum absolute atomic E-state index is 0.0177. The lowest BCUT2D eigenvalue weighted by Crippen LogP contribution is -2.10. The third-order valence-corrected chi connectivity index (χ3v) is 4.58. The summed E-state index contributed by atoms with van der Waals surface area (Å²) in [6.45, 7) is -0.465. The topological polar surface area (TPSA) is 59.7 Å². The van der Waals surface area contributed by atoms with Crippen molar-refractivity contribution in [2.45, 2.75) is 12.8 Å². The second-order valence-electron chi connectivity index (χ2n) is 6.77. The molecule has 0 bridgehead atoms. The van der Waals surface area contributed by atoms with Gasteiger partial charge in [0.05, 0.1) is 10.9 Å². The monoisotopic (exact) mass is 430 g/mol. The maximum atomic E-state index is 13.7. The molecule has 0 fully saturated rings. The molecule has 1 aromatic heterocycles. The Morgan fingerprint density at radius 2 is 1.68 bits per heavy atom. The van der Waals surface area contributed by atoms with Gasteiger partial charge in [0.1, 0.15) is 29.3 Å². The first-order chi connectivity index (χ1) is 14.7. The number of hydrogen-bond donors (Lipinski definition) is 1. The van der Waals surface area contributed by atoms with Crippen molar-refractivity contribution in [1.29, 1.82) is 0 Å². The summed E-state index contributed by atoms with van der Waals surface area (Å²) in [6.07, 6.45) is -4.72. The predicted octanol–water partition coefficient (Wildman–Crippen LogP) is 5.90. The number of phenolic OH excluding ortho intramolecular Hbond substituents is 1. The quantitative estimate of drug-likeness (QED) is 0.410. The Kier molecular flexibility index (Phi) is 5.14. The van der Waals surface area contributed by atoms with Gasteiger partial charge in [-0.15, -0.1) is 0 Å². The molecule has 0 radical (unpaired) electrons. The van der Waals surface area contributed by atoms with Gasteiger partial charge in [-0.3, -0.25) is 4.79 Å². The Morgan fingerprint density at radius 3 is 2.39 bits per heavy atom. The number of halogens is 4. The van der Waals surface area contributed by atoms with E-state index >= 15 is 0 Å². The van der Waals surface area contributed by atoms with Gasteiger partial charge in [-0.2, -0.15) is 13.2 Å². The highest BCUT2D eigenvalue weighted by Gasteiger charge is 2.31. The second kappa shape index (κ2) is 7.79. The van der Waals surface area contributed by atoms with Crippen LogP contribution in [0.15, 0.2) is 75.9 Å². The molecule has 3 aromatic carbocycles. The van der Waals surface area contributed by atoms with E-state index in [9.17, 15) is 27.5 Å². The highest BCUT2D eigenvalue weighted by atomic mass is 19.4. The lowest BCUT2D eigenvalue weighted by molar-refractivity contribution is -0.137. The summed E-state index contributed by atoms with van der Waals surface area (Å²) in [5, 5.41) is 9.80. The number of fused-ring (bicyclic) bond motifs is 1. The molecule has 1 heterocycles. The van der Waals surface area contributed by atoms with Gasteiger partial charge in [-0.1, -0.05) is 24.3 Å². The van der Waals surface area contributed by atoms with E-state index in [0.29, 0.717) is 11.6 Å². The smallest absolute Gasteiger partial charge is 0.416 e. The molecule has 0 aliphatic carbocycles. The molecule has 1 N–H and O–H groups in total. The van der Waals surface area contributed by atoms with Crippen molar-refractivity contribution in [2.75, 3.05) is 0 Å². The van der Waals surface area contributed by atoms with E-state index in [-0.39, 0.29) is 33.8 Å². The molecule has 0 unspecified atom stereocenters. The Labute approximate surface area is 172 Å². The molecule has 0 aliphatic heterocycles. The molecule has 0 atom stereocenters. The van der Waals surface area contributed by atoms with Crippen molar-refractivity contribution >= 4 is 11.0 Å². The van der Waals surface area contributed by atoms with Crippen LogP contribution < -0.4 is 10.2 Å². The molecule has 0 aliphatic rings. The molecule has 4 rings (SSSR count). The van der Waals surface area contributed by atoms with Crippen LogP contribution in [0.25, 0.3) is 22.1 Å². The van der Waals surface area contributed by atoms with Gasteiger partial charge < -0.3 is 14.3 Å². The van der Waals surface area contributed by atoms with Crippen LogP contribution in [0.2, 0.25) is 0 Å². The fraction of sp³-hybridized carbons (Fsp3) is 0.0870. The van der Waals surface area contributed by atoms with Gasteiger partial charge in [0, 0.05) is 0 Å². The fourth-order valence-electron chi connectivity index (χ4n) is 3.15. The lowest BCUT2D eigenvalue weighted by Gasteiger charge is -2.13. The number of alkyl halides is 3. The summed E-state index contributed by atoms with van der Waals surface area (Å²) in [6, 6.07) is 14.2. The standard InChI is InChI=1S/C23H14F4O4/c24-16-10-13(9-15(11-16)23(25,26)27)12-30-22-20(14-5-7-17(28)8-6-14)21(29)18-3-1-2-4-19(18)31-22/h1-11,28H,12H2. The van der Waals surface area contributed by atoms with Crippen LogP contribution in [-0.4, -0.2) is 5.11 Å². The zero-order valence-electron chi connectivity index (χ0n) is 15.7.